The summed E-state index contributed by atoms with van der Waals surface area (Å²) in [5.41, 5.74) is 3.44. The third-order valence-corrected chi connectivity index (χ3v) is 4.10. The molecule has 0 heterocycles. The molecule has 2 aromatic carbocycles. The zero-order valence-corrected chi connectivity index (χ0v) is 12.0. The lowest BCUT2D eigenvalue weighted by molar-refractivity contribution is -0.119. The predicted molar refractivity (Wildman–Crippen MR) is 82.1 cm³/mol. The van der Waals surface area contributed by atoms with Crippen molar-refractivity contribution in [3.63, 3.8) is 0 Å². The van der Waals surface area contributed by atoms with Crippen LogP contribution in [0.3, 0.4) is 0 Å². The highest BCUT2D eigenvalue weighted by molar-refractivity contribution is 6.33. The minimum Gasteiger partial charge on any atom is -0.324 e. The van der Waals surface area contributed by atoms with Crippen molar-refractivity contribution in [2.45, 2.75) is 12.8 Å². The van der Waals surface area contributed by atoms with Crippen molar-refractivity contribution in [2.24, 2.45) is 5.92 Å². The quantitative estimate of drug-likeness (QED) is 0.921. The van der Waals surface area contributed by atoms with E-state index in [4.69, 9.17) is 16.9 Å². The fraction of sp³-hybridized carbons (Fsp3) is 0.176. The van der Waals surface area contributed by atoms with Gasteiger partial charge >= 0.3 is 0 Å². The summed E-state index contributed by atoms with van der Waals surface area (Å²) in [6.07, 6.45) is 1.50. The Bertz CT molecular complexity index is 724. The van der Waals surface area contributed by atoms with Gasteiger partial charge in [-0.3, -0.25) is 4.79 Å². The number of amides is 1. The molecule has 0 unspecified atom stereocenters. The summed E-state index contributed by atoms with van der Waals surface area (Å²) >= 11 is 6.07. The number of benzene rings is 2. The van der Waals surface area contributed by atoms with Crippen LogP contribution in [0, 0.1) is 17.2 Å². The molecule has 1 amide bonds. The molecular formula is C17H13ClN2O. The minimum absolute atomic E-state index is 0.0526. The third kappa shape index (κ3) is 2.76. The van der Waals surface area contributed by atoms with Gasteiger partial charge in [-0.15, -0.1) is 0 Å². The van der Waals surface area contributed by atoms with Crippen molar-refractivity contribution < 1.29 is 4.79 Å². The van der Waals surface area contributed by atoms with E-state index in [9.17, 15) is 4.79 Å². The topological polar surface area (TPSA) is 52.9 Å². The third-order valence-electron chi connectivity index (χ3n) is 3.78. The van der Waals surface area contributed by atoms with Gasteiger partial charge < -0.3 is 5.32 Å². The van der Waals surface area contributed by atoms with Gasteiger partial charge in [-0.2, -0.15) is 5.26 Å². The molecule has 0 bridgehead atoms. The van der Waals surface area contributed by atoms with E-state index in [-0.39, 0.29) is 11.8 Å². The number of carbonyl (C=O) groups is 1. The summed E-state index contributed by atoms with van der Waals surface area (Å²) in [6, 6.07) is 15.0. The second-order valence-electron chi connectivity index (χ2n) is 5.17. The van der Waals surface area contributed by atoms with Gasteiger partial charge in [-0.1, -0.05) is 35.9 Å². The number of nitrogens with one attached hydrogen (secondary N) is 1. The Morgan fingerprint density at radius 2 is 1.86 bits per heavy atom. The SMILES string of the molecule is N#Cc1ccc(Cl)c(NC(=O)C2Cc3ccccc3C2)c1. The highest BCUT2D eigenvalue weighted by Crippen LogP contribution is 2.29. The Balaban J connectivity index is 1.75. The maximum atomic E-state index is 12.4. The van der Waals surface area contributed by atoms with E-state index in [1.54, 1.807) is 18.2 Å². The molecule has 104 valence electrons. The van der Waals surface area contributed by atoms with Crippen LogP contribution in [-0.4, -0.2) is 5.91 Å². The molecule has 3 nitrogen and oxygen atoms in total. The Morgan fingerprint density at radius 3 is 2.48 bits per heavy atom. The molecule has 0 aromatic heterocycles. The molecule has 0 aliphatic heterocycles. The first-order valence-electron chi connectivity index (χ1n) is 6.74. The summed E-state index contributed by atoms with van der Waals surface area (Å²) in [6.45, 7) is 0. The van der Waals surface area contributed by atoms with Gasteiger partial charge in [-0.05, 0) is 42.2 Å². The van der Waals surface area contributed by atoms with Crippen molar-refractivity contribution in [1.82, 2.24) is 0 Å². The molecule has 0 radical (unpaired) electrons. The zero-order chi connectivity index (χ0) is 14.8. The van der Waals surface area contributed by atoms with E-state index in [2.05, 4.69) is 17.4 Å². The normalized spacial score (nSPS) is 13.5. The standard InChI is InChI=1S/C17H13ClN2O/c18-15-6-5-11(10-19)7-16(15)20-17(21)14-8-12-3-1-2-4-13(12)9-14/h1-7,14H,8-9H2,(H,20,21). The molecule has 0 spiro atoms. The monoisotopic (exact) mass is 296 g/mol. The molecule has 1 aliphatic carbocycles. The maximum absolute atomic E-state index is 12.4. The first-order valence-corrected chi connectivity index (χ1v) is 7.12. The molecular weight excluding hydrogens is 284 g/mol. The summed E-state index contributed by atoms with van der Waals surface area (Å²) in [4.78, 5) is 12.4. The lowest BCUT2D eigenvalue weighted by Crippen LogP contribution is -2.23. The molecule has 0 fully saturated rings. The fourth-order valence-electron chi connectivity index (χ4n) is 2.67. The van der Waals surface area contributed by atoms with Gasteiger partial charge in [0.25, 0.3) is 0 Å². The molecule has 21 heavy (non-hydrogen) atoms. The second kappa shape index (κ2) is 5.59. The van der Waals surface area contributed by atoms with Crippen LogP contribution in [0.5, 0.6) is 0 Å². The van der Waals surface area contributed by atoms with Crippen LogP contribution >= 0.6 is 11.6 Å². The maximum Gasteiger partial charge on any atom is 0.228 e. The highest BCUT2D eigenvalue weighted by Gasteiger charge is 2.27. The number of halogens is 1. The minimum atomic E-state index is -0.0794. The van der Waals surface area contributed by atoms with Crippen LogP contribution in [0.4, 0.5) is 5.69 Å². The van der Waals surface area contributed by atoms with E-state index >= 15 is 0 Å². The van der Waals surface area contributed by atoms with Gasteiger partial charge in [0, 0.05) is 5.92 Å². The van der Waals surface area contributed by atoms with Gasteiger partial charge in [0.05, 0.1) is 22.3 Å². The Morgan fingerprint density at radius 1 is 1.19 bits per heavy atom. The molecule has 2 aromatic rings. The van der Waals surface area contributed by atoms with Crippen LogP contribution in [0.1, 0.15) is 16.7 Å². The number of hydrogen-bond acceptors (Lipinski definition) is 2. The summed E-state index contributed by atoms with van der Waals surface area (Å²) < 4.78 is 0. The Hall–Kier alpha value is -2.31. The highest BCUT2D eigenvalue weighted by atomic mass is 35.5. The van der Waals surface area contributed by atoms with E-state index in [1.165, 1.54) is 11.1 Å². The molecule has 1 aliphatic rings. The van der Waals surface area contributed by atoms with Gasteiger partial charge in [0.2, 0.25) is 5.91 Å². The molecule has 0 saturated carbocycles. The Kier molecular flexibility index (Phi) is 3.64. The van der Waals surface area contributed by atoms with E-state index in [1.807, 2.05) is 18.2 Å². The number of carbonyl (C=O) groups excluding carboxylic acids is 1. The predicted octanol–water partition coefficient (Wildman–Crippen LogP) is 3.57. The lowest BCUT2D eigenvalue weighted by Gasteiger charge is -2.12. The zero-order valence-electron chi connectivity index (χ0n) is 11.3. The van der Waals surface area contributed by atoms with Gasteiger partial charge in [0.15, 0.2) is 0 Å². The van der Waals surface area contributed by atoms with Crippen molar-refractivity contribution in [3.05, 3.63) is 64.2 Å². The van der Waals surface area contributed by atoms with Crippen LogP contribution in [0.25, 0.3) is 0 Å². The molecule has 4 heteroatoms. The average molecular weight is 297 g/mol. The number of nitriles is 1. The van der Waals surface area contributed by atoms with Crippen LogP contribution in [-0.2, 0) is 17.6 Å². The Labute approximate surface area is 128 Å². The van der Waals surface area contributed by atoms with Crippen molar-refractivity contribution in [3.8, 4) is 6.07 Å². The molecule has 0 atom stereocenters. The van der Waals surface area contributed by atoms with Gasteiger partial charge in [0.1, 0.15) is 0 Å². The summed E-state index contributed by atoms with van der Waals surface area (Å²) in [7, 11) is 0. The molecule has 3 rings (SSSR count). The van der Waals surface area contributed by atoms with Crippen molar-refractivity contribution in [2.75, 3.05) is 5.32 Å². The first kappa shape index (κ1) is 13.7. The lowest BCUT2D eigenvalue weighted by atomic mass is 10.1. The van der Waals surface area contributed by atoms with Crippen molar-refractivity contribution in [1.29, 1.82) is 5.26 Å². The number of rotatable bonds is 2. The van der Waals surface area contributed by atoms with E-state index in [0.29, 0.717) is 16.3 Å². The van der Waals surface area contributed by atoms with Crippen LogP contribution < -0.4 is 5.32 Å². The van der Waals surface area contributed by atoms with Crippen molar-refractivity contribution >= 4 is 23.2 Å². The summed E-state index contributed by atoms with van der Waals surface area (Å²) in [5.74, 6) is -0.132. The first-order chi connectivity index (χ1) is 10.2. The number of hydrogen-bond donors (Lipinski definition) is 1. The molecule has 0 saturated heterocycles. The van der Waals surface area contributed by atoms with E-state index < -0.39 is 0 Å². The number of anilines is 1. The van der Waals surface area contributed by atoms with E-state index in [0.717, 1.165) is 12.8 Å². The van der Waals surface area contributed by atoms with Crippen LogP contribution in [0.15, 0.2) is 42.5 Å². The summed E-state index contributed by atoms with van der Waals surface area (Å²) in [5, 5.41) is 12.2. The molecule has 1 N–H and O–H groups in total. The largest absolute Gasteiger partial charge is 0.324 e. The van der Waals surface area contributed by atoms with Crippen LogP contribution in [0.2, 0.25) is 5.02 Å². The smallest absolute Gasteiger partial charge is 0.228 e. The average Bonchev–Trinajstić information content (AvgIpc) is 2.93. The fourth-order valence-corrected chi connectivity index (χ4v) is 2.83. The number of fused-ring (bicyclic) bond motifs is 1. The van der Waals surface area contributed by atoms with Gasteiger partial charge in [-0.25, -0.2) is 0 Å². The second-order valence-corrected chi connectivity index (χ2v) is 5.58. The number of nitrogens with zero attached hydrogens (tertiary/aromatic N) is 1.